The Morgan fingerprint density at radius 2 is 1.89 bits per heavy atom. The first-order valence-electron chi connectivity index (χ1n) is 8.59. The van der Waals surface area contributed by atoms with E-state index in [2.05, 4.69) is 10.1 Å². The van der Waals surface area contributed by atoms with Gasteiger partial charge in [0.1, 0.15) is 17.2 Å². The van der Waals surface area contributed by atoms with E-state index in [1.54, 1.807) is 10.9 Å². The van der Waals surface area contributed by atoms with E-state index in [0.717, 1.165) is 11.1 Å². The number of hydrogen-bond donors (Lipinski definition) is 2. The molecule has 0 fully saturated rings. The molecule has 1 aromatic carbocycles. The Morgan fingerprint density at radius 3 is 2.48 bits per heavy atom. The molecule has 0 spiro atoms. The van der Waals surface area contributed by atoms with Gasteiger partial charge < -0.3 is 5.73 Å². The summed E-state index contributed by atoms with van der Waals surface area (Å²) in [5.74, 6) is 7.46. The summed E-state index contributed by atoms with van der Waals surface area (Å²) in [7, 11) is 1.85. The minimum absolute atomic E-state index is 0.273. The second-order valence-corrected chi connectivity index (χ2v) is 7.91. The zero-order valence-corrected chi connectivity index (χ0v) is 16.7. The van der Waals surface area contributed by atoms with E-state index < -0.39 is 0 Å². The van der Waals surface area contributed by atoms with E-state index in [1.807, 2.05) is 58.3 Å². The Bertz CT molecular complexity index is 959. The topological polar surface area (TPSA) is 98.9 Å². The van der Waals surface area contributed by atoms with Gasteiger partial charge in [-0.1, -0.05) is 50.6 Å². The fourth-order valence-corrected chi connectivity index (χ4v) is 2.86. The number of rotatable bonds is 4. The summed E-state index contributed by atoms with van der Waals surface area (Å²) in [6, 6.07) is 7.55. The van der Waals surface area contributed by atoms with Crippen LogP contribution in [0.3, 0.4) is 0 Å². The minimum Gasteiger partial charge on any atom is -0.394 e. The Labute approximate surface area is 163 Å². The summed E-state index contributed by atoms with van der Waals surface area (Å²) in [5.41, 5.74) is 8.87. The van der Waals surface area contributed by atoms with Crippen LogP contribution in [-0.2, 0) is 19.0 Å². The summed E-state index contributed by atoms with van der Waals surface area (Å²) < 4.78 is 1.71. The Hall–Kier alpha value is -2.64. The number of halogens is 1. The van der Waals surface area contributed by atoms with Crippen LogP contribution in [0.5, 0.6) is 0 Å². The van der Waals surface area contributed by atoms with Crippen molar-refractivity contribution in [1.29, 1.82) is 0 Å². The highest BCUT2D eigenvalue weighted by Crippen LogP contribution is 2.33. The van der Waals surface area contributed by atoms with Gasteiger partial charge in [-0.3, -0.25) is 9.69 Å². The molecule has 0 aliphatic rings. The van der Waals surface area contributed by atoms with Crippen molar-refractivity contribution in [2.24, 2.45) is 12.9 Å². The van der Waals surface area contributed by atoms with Crippen LogP contribution in [0.25, 0.3) is 11.3 Å². The van der Waals surface area contributed by atoms with Crippen LogP contribution >= 0.6 is 11.6 Å². The number of aryl methyl sites for hydroxylation is 1. The van der Waals surface area contributed by atoms with Crippen LogP contribution in [0.2, 0.25) is 5.02 Å². The highest BCUT2D eigenvalue weighted by molar-refractivity contribution is 6.31. The van der Waals surface area contributed by atoms with E-state index in [1.165, 1.54) is 5.01 Å². The van der Waals surface area contributed by atoms with E-state index in [-0.39, 0.29) is 5.41 Å². The first-order chi connectivity index (χ1) is 12.7. The molecule has 0 atom stereocenters. The van der Waals surface area contributed by atoms with Gasteiger partial charge in [0, 0.05) is 29.2 Å². The number of anilines is 2. The van der Waals surface area contributed by atoms with Gasteiger partial charge in [0.2, 0.25) is 0 Å². The van der Waals surface area contributed by atoms with Crippen molar-refractivity contribution >= 4 is 23.1 Å². The maximum atomic E-state index is 6.41. The molecule has 3 aromatic rings. The van der Waals surface area contributed by atoms with Crippen molar-refractivity contribution in [3.05, 3.63) is 53.1 Å². The molecule has 0 saturated carbocycles. The molecule has 2 heterocycles. The lowest BCUT2D eigenvalue weighted by atomic mass is 9.95. The molecule has 27 heavy (non-hydrogen) atoms. The molecular formula is C19H24ClN7. The molecule has 0 aliphatic carbocycles. The third-order valence-corrected chi connectivity index (χ3v) is 4.51. The quantitative estimate of drug-likeness (QED) is 0.528. The van der Waals surface area contributed by atoms with Gasteiger partial charge in [-0.15, -0.1) is 0 Å². The van der Waals surface area contributed by atoms with E-state index >= 15 is 0 Å². The van der Waals surface area contributed by atoms with Crippen molar-refractivity contribution in [3.8, 4) is 11.3 Å². The summed E-state index contributed by atoms with van der Waals surface area (Å²) in [6.45, 7) is 6.51. The van der Waals surface area contributed by atoms with Crippen LogP contribution in [-0.4, -0.2) is 19.7 Å². The van der Waals surface area contributed by atoms with Crippen LogP contribution in [0, 0.1) is 0 Å². The monoisotopic (exact) mass is 385 g/mol. The molecular weight excluding hydrogens is 362 g/mol. The highest BCUT2D eigenvalue weighted by atomic mass is 35.5. The standard InChI is InChI=1S/C19H24ClN7/c1-19(2,3)18-24-16(13-9-23-26(4)10-13)15(21)17(25-18)27(22)11-12-7-5-6-8-14(12)20/h5-10H,11,21-22H2,1-4H3. The lowest BCUT2D eigenvalue weighted by molar-refractivity contribution is 0.545. The maximum absolute atomic E-state index is 6.41. The third kappa shape index (κ3) is 4.04. The summed E-state index contributed by atoms with van der Waals surface area (Å²) in [4.78, 5) is 9.35. The number of benzene rings is 1. The van der Waals surface area contributed by atoms with Gasteiger partial charge in [-0.05, 0) is 11.6 Å². The molecule has 0 amide bonds. The van der Waals surface area contributed by atoms with Crippen molar-refractivity contribution in [2.45, 2.75) is 32.7 Å². The average molecular weight is 386 g/mol. The SMILES string of the molecule is Cn1cc(-c2nc(C(C)(C)C)nc(N(N)Cc3ccccc3Cl)c2N)cn1. The zero-order chi connectivity index (χ0) is 19.8. The second kappa shape index (κ2) is 7.17. The van der Waals surface area contributed by atoms with Gasteiger partial charge >= 0.3 is 0 Å². The van der Waals surface area contributed by atoms with Gasteiger partial charge in [0.05, 0.1) is 12.7 Å². The van der Waals surface area contributed by atoms with Crippen molar-refractivity contribution in [1.82, 2.24) is 19.7 Å². The fourth-order valence-electron chi connectivity index (χ4n) is 2.66. The average Bonchev–Trinajstić information content (AvgIpc) is 3.02. The predicted molar refractivity (Wildman–Crippen MR) is 109 cm³/mol. The zero-order valence-electron chi connectivity index (χ0n) is 15.9. The highest BCUT2D eigenvalue weighted by Gasteiger charge is 2.24. The number of hydrazine groups is 1. The second-order valence-electron chi connectivity index (χ2n) is 7.51. The van der Waals surface area contributed by atoms with Crippen LogP contribution < -0.4 is 16.6 Å². The van der Waals surface area contributed by atoms with Crippen LogP contribution in [0.4, 0.5) is 11.5 Å². The molecule has 3 rings (SSSR count). The molecule has 0 saturated heterocycles. The van der Waals surface area contributed by atoms with Crippen molar-refractivity contribution < 1.29 is 0 Å². The smallest absolute Gasteiger partial charge is 0.170 e. The molecule has 0 radical (unpaired) electrons. The van der Waals surface area contributed by atoms with E-state index in [0.29, 0.717) is 34.6 Å². The van der Waals surface area contributed by atoms with Crippen molar-refractivity contribution in [2.75, 3.05) is 10.7 Å². The molecule has 7 nitrogen and oxygen atoms in total. The molecule has 8 heteroatoms. The van der Waals surface area contributed by atoms with Gasteiger partial charge in [-0.25, -0.2) is 15.8 Å². The number of nitrogens with zero attached hydrogens (tertiary/aromatic N) is 5. The number of hydrogen-bond acceptors (Lipinski definition) is 6. The summed E-state index contributed by atoms with van der Waals surface area (Å²) >= 11 is 6.27. The van der Waals surface area contributed by atoms with Gasteiger partial charge in [0.25, 0.3) is 0 Å². The Kier molecular flexibility index (Phi) is 5.08. The maximum Gasteiger partial charge on any atom is 0.170 e. The normalized spacial score (nSPS) is 11.6. The number of nitrogen functional groups attached to an aromatic ring is 1. The third-order valence-electron chi connectivity index (χ3n) is 4.15. The molecule has 0 bridgehead atoms. The van der Waals surface area contributed by atoms with E-state index in [4.69, 9.17) is 28.2 Å². The predicted octanol–water partition coefficient (Wildman–Crippen LogP) is 3.29. The minimum atomic E-state index is -0.273. The first kappa shape index (κ1) is 19.1. The molecule has 142 valence electrons. The Balaban J connectivity index is 2.09. The first-order valence-corrected chi connectivity index (χ1v) is 8.97. The largest absolute Gasteiger partial charge is 0.394 e. The van der Waals surface area contributed by atoms with Gasteiger partial charge in [0.15, 0.2) is 5.82 Å². The van der Waals surface area contributed by atoms with E-state index in [9.17, 15) is 0 Å². The fraction of sp³-hybridized carbons (Fsp3) is 0.316. The van der Waals surface area contributed by atoms with Gasteiger partial charge in [-0.2, -0.15) is 5.10 Å². The Morgan fingerprint density at radius 1 is 1.19 bits per heavy atom. The molecule has 4 N–H and O–H groups in total. The molecule has 0 aliphatic heterocycles. The number of nitrogens with two attached hydrogens (primary N) is 2. The lowest BCUT2D eigenvalue weighted by Gasteiger charge is -2.25. The molecule has 0 unspecified atom stereocenters. The van der Waals surface area contributed by atoms with Crippen LogP contribution in [0.1, 0.15) is 32.2 Å². The van der Waals surface area contributed by atoms with Crippen LogP contribution in [0.15, 0.2) is 36.7 Å². The summed E-state index contributed by atoms with van der Waals surface area (Å²) in [6.07, 6.45) is 3.59. The molecule has 2 aromatic heterocycles. The lowest BCUT2D eigenvalue weighted by Crippen LogP contribution is -2.33. The van der Waals surface area contributed by atoms with Crippen molar-refractivity contribution in [3.63, 3.8) is 0 Å². The summed E-state index contributed by atoms with van der Waals surface area (Å²) in [5, 5.41) is 6.37. The number of aromatic nitrogens is 4.